The number of amides is 1. The number of halogens is 1. The van der Waals surface area contributed by atoms with Crippen LogP contribution in [0.15, 0.2) is 30.3 Å². The second-order valence-electron chi connectivity index (χ2n) is 6.59. The topological polar surface area (TPSA) is 32.8 Å². The molecule has 0 N–H and O–H groups in total. The average Bonchev–Trinajstić information content (AvgIpc) is 2.62. The molecule has 0 aliphatic carbocycles. The molecule has 1 aromatic rings. The molecule has 0 radical (unpaired) electrons. The zero-order valence-corrected chi connectivity index (χ0v) is 14.0. The number of rotatable bonds is 4. The van der Waals surface area contributed by atoms with E-state index in [0.717, 1.165) is 57.9 Å². The maximum atomic E-state index is 12.9. The number of carbonyl (C=O) groups is 1. The maximum absolute atomic E-state index is 12.9. The Morgan fingerprint density at radius 3 is 2.71 bits per heavy atom. The van der Waals surface area contributed by atoms with E-state index >= 15 is 0 Å². The van der Waals surface area contributed by atoms with Gasteiger partial charge in [0.15, 0.2) is 0 Å². The van der Waals surface area contributed by atoms with Gasteiger partial charge in [-0.15, -0.1) is 0 Å². The predicted molar refractivity (Wildman–Crippen MR) is 92.0 cm³/mol. The molecule has 2 aliphatic rings. The molecule has 2 heterocycles. The van der Waals surface area contributed by atoms with Crippen molar-refractivity contribution in [2.45, 2.75) is 12.8 Å². The van der Waals surface area contributed by atoms with Crippen LogP contribution in [0, 0.1) is 11.7 Å². The van der Waals surface area contributed by atoms with E-state index in [2.05, 4.69) is 4.90 Å². The first kappa shape index (κ1) is 17.1. The van der Waals surface area contributed by atoms with E-state index in [9.17, 15) is 9.18 Å². The highest BCUT2D eigenvalue weighted by molar-refractivity contribution is 5.91. The molecule has 1 aromatic carbocycles. The van der Waals surface area contributed by atoms with Gasteiger partial charge in [0, 0.05) is 38.8 Å². The van der Waals surface area contributed by atoms with Crippen LogP contribution in [0.1, 0.15) is 18.4 Å². The molecule has 0 spiro atoms. The highest BCUT2D eigenvalue weighted by atomic mass is 19.1. The van der Waals surface area contributed by atoms with Crippen molar-refractivity contribution in [2.75, 3.05) is 45.9 Å². The fourth-order valence-electron chi connectivity index (χ4n) is 3.41. The number of ether oxygens (including phenoxy) is 1. The Morgan fingerprint density at radius 1 is 1.21 bits per heavy atom. The lowest BCUT2D eigenvalue weighted by atomic mass is 9.97. The van der Waals surface area contributed by atoms with E-state index in [1.54, 1.807) is 24.3 Å². The number of benzene rings is 1. The Kier molecular flexibility index (Phi) is 5.99. The maximum Gasteiger partial charge on any atom is 0.246 e. The van der Waals surface area contributed by atoms with Gasteiger partial charge in [-0.05, 0) is 42.5 Å². The zero-order valence-electron chi connectivity index (χ0n) is 14.0. The van der Waals surface area contributed by atoms with Crippen molar-refractivity contribution in [1.82, 2.24) is 9.80 Å². The van der Waals surface area contributed by atoms with Crippen LogP contribution in [0.5, 0.6) is 0 Å². The number of likely N-dealkylation sites (tertiary alicyclic amines) is 1. The third-order valence-electron chi connectivity index (χ3n) is 4.74. The van der Waals surface area contributed by atoms with Gasteiger partial charge in [0.05, 0.1) is 13.2 Å². The average molecular weight is 332 g/mol. The molecule has 24 heavy (non-hydrogen) atoms. The first-order valence-electron chi connectivity index (χ1n) is 8.73. The summed E-state index contributed by atoms with van der Waals surface area (Å²) in [5, 5.41) is 0. The molecular weight excluding hydrogens is 307 g/mol. The number of hydrogen-bond acceptors (Lipinski definition) is 3. The second-order valence-corrected chi connectivity index (χ2v) is 6.59. The number of hydrogen-bond donors (Lipinski definition) is 0. The Hall–Kier alpha value is -1.72. The SMILES string of the molecule is O=C(/C=C/c1ccc(F)cc1)N1CCC[C@H](CN2CCOCC2)C1. The minimum absolute atomic E-state index is 0.0472. The van der Waals surface area contributed by atoms with E-state index in [4.69, 9.17) is 4.74 Å². The van der Waals surface area contributed by atoms with E-state index in [1.807, 2.05) is 4.90 Å². The fraction of sp³-hybridized carbons (Fsp3) is 0.526. The van der Waals surface area contributed by atoms with Crippen LogP contribution in [0.3, 0.4) is 0 Å². The Morgan fingerprint density at radius 2 is 1.96 bits per heavy atom. The molecule has 3 rings (SSSR count). The second kappa shape index (κ2) is 8.40. The van der Waals surface area contributed by atoms with Gasteiger partial charge in [-0.3, -0.25) is 9.69 Å². The standard InChI is InChI=1S/C19H25FN2O2/c20-18-6-3-16(4-7-18)5-8-19(23)22-9-1-2-17(15-22)14-21-10-12-24-13-11-21/h3-8,17H,1-2,9-15H2/b8-5+/t17-/m1/s1. The lowest BCUT2D eigenvalue weighted by molar-refractivity contribution is -0.127. The molecule has 2 saturated heterocycles. The molecule has 0 unspecified atom stereocenters. The summed E-state index contributed by atoms with van der Waals surface area (Å²) >= 11 is 0. The number of morpholine rings is 1. The van der Waals surface area contributed by atoms with Crippen LogP contribution in [-0.2, 0) is 9.53 Å². The Bertz CT molecular complexity index is 567. The molecule has 130 valence electrons. The molecule has 0 aromatic heterocycles. The lowest BCUT2D eigenvalue weighted by Crippen LogP contribution is -2.45. The smallest absolute Gasteiger partial charge is 0.246 e. The summed E-state index contributed by atoms with van der Waals surface area (Å²) in [7, 11) is 0. The van der Waals surface area contributed by atoms with Crippen molar-refractivity contribution in [3.8, 4) is 0 Å². The molecule has 0 bridgehead atoms. The summed E-state index contributed by atoms with van der Waals surface area (Å²) in [4.78, 5) is 16.8. The van der Waals surface area contributed by atoms with Crippen LogP contribution in [0.2, 0.25) is 0 Å². The van der Waals surface area contributed by atoms with Gasteiger partial charge in [0.1, 0.15) is 5.82 Å². The van der Waals surface area contributed by atoms with Crippen molar-refractivity contribution >= 4 is 12.0 Å². The predicted octanol–water partition coefficient (Wildman–Crippen LogP) is 2.41. The van der Waals surface area contributed by atoms with E-state index in [-0.39, 0.29) is 11.7 Å². The van der Waals surface area contributed by atoms with Crippen molar-refractivity contribution in [1.29, 1.82) is 0 Å². The third kappa shape index (κ3) is 4.89. The van der Waals surface area contributed by atoms with Gasteiger partial charge < -0.3 is 9.64 Å². The minimum atomic E-state index is -0.263. The van der Waals surface area contributed by atoms with E-state index < -0.39 is 0 Å². The van der Waals surface area contributed by atoms with Gasteiger partial charge in [0.25, 0.3) is 0 Å². The summed E-state index contributed by atoms with van der Waals surface area (Å²) in [6, 6.07) is 6.17. The first-order chi connectivity index (χ1) is 11.7. The highest BCUT2D eigenvalue weighted by Crippen LogP contribution is 2.19. The van der Waals surface area contributed by atoms with Crippen molar-refractivity contribution in [2.24, 2.45) is 5.92 Å². The summed E-state index contributed by atoms with van der Waals surface area (Å²) in [6.45, 7) is 6.32. The normalized spacial score (nSPS) is 22.9. The Labute approximate surface area is 142 Å². The summed E-state index contributed by atoms with van der Waals surface area (Å²) in [5.74, 6) is 0.325. The van der Waals surface area contributed by atoms with E-state index in [0.29, 0.717) is 5.92 Å². The van der Waals surface area contributed by atoms with Crippen LogP contribution < -0.4 is 0 Å². The molecule has 0 saturated carbocycles. The number of nitrogens with zero attached hydrogens (tertiary/aromatic N) is 2. The van der Waals surface area contributed by atoms with Crippen molar-refractivity contribution in [3.05, 3.63) is 41.7 Å². The first-order valence-corrected chi connectivity index (χ1v) is 8.73. The summed E-state index contributed by atoms with van der Waals surface area (Å²) in [5.41, 5.74) is 0.839. The van der Waals surface area contributed by atoms with Crippen molar-refractivity contribution < 1.29 is 13.9 Å². The molecular formula is C19H25FN2O2. The molecule has 4 nitrogen and oxygen atoms in total. The van der Waals surface area contributed by atoms with Crippen LogP contribution >= 0.6 is 0 Å². The summed E-state index contributed by atoms with van der Waals surface area (Å²) in [6.07, 6.45) is 5.60. The van der Waals surface area contributed by atoms with E-state index in [1.165, 1.54) is 18.6 Å². The lowest BCUT2D eigenvalue weighted by Gasteiger charge is -2.36. The minimum Gasteiger partial charge on any atom is -0.379 e. The largest absolute Gasteiger partial charge is 0.379 e. The quantitative estimate of drug-likeness (QED) is 0.794. The molecule has 5 heteroatoms. The van der Waals surface area contributed by atoms with Gasteiger partial charge in [-0.2, -0.15) is 0 Å². The van der Waals surface area contributed by atoms with Crippen LogP contribution in [0.25, 0.3) is 6.08 Å². The Balaban J connectivity index is 1.51. The van der Waals surface area contributed by atoms with Gasteiger partial charge >= 0.3 is 0 Å². The molecule has 2 aliphatic heterocycles. The van der Waals surface area contributed by atoms with Crippen molar-refractivity contribution in [3.63, 3.8) is 0 Å². The molecule has 1 amide bonds. The molecule has 2 fully saturated rings. The number of piperidine rings is 1. The van der Waals surface area contributed by atoms with Gasteiger partial charge in [0.2, 0.25) is 5.91 Å². The van der Waals surface area contributed by atoms with Gasteiger partial charge in [-0.25, -0.2) is 4.39 Å². The fourth-order valence-corrected chi connectivity index (χ4v) is 3.41. The van der Waals surface area contributed by atoms with Gasteiger partial charge in [-0.1, -0.05) is 12.1 Å². The third-order valence-corrected chi connectivity index (χ3v) is 4.74. The zero-order chi connectivity index (χ0) is 16.8. The van der Waals surface area contributed by atoms with Crippen LogP contribution in [0.4, 0.5) is 4.39 Å². The van der Waals surface area contributed by atoms with Crippen LogP contribution in [-0.4, -0.2) is 61.6 Å². The monoisotopic (exact) mass is 332 g/mol. The highest BCUT2D eigenvalue weighted by Gasteiger charge is 2.24. The summed E-state index contributed by atoms with van der Waals surface area (Å²) < 4.78 is 18.3. The molecule has 1 atom stereocenters. The number of carbonyl (C=O) groups excluding carboxylic acids is 1.